The Morgan fingerprint density at radius 2 is 1.88 bits per heavy atom. The Bertz CT molecular complexity index is 706. The first kappa shape index (κ1) is 16.2. The summed E-state index contributed by atoms with van der Waals surface area (Å²) in [6.45, 7) is 0. The molecule has 1 aromatic carbocycles. The van der Waals surface area contributed by atoms with Crippen LogP contribution in [-0.2, 0) is 9.59 Å². The average Bonchev–Trinajstić information content (AvgIpc) is 2.58. The van der Waals surface area contributed by atoms with Gasteiger partial charge >= 0.3 is 0 Å². The second-order valence-corrected chi connectivity index (χ2v) is 6.05. The predicted octanol–water partition coefficient (Wildman–Crippen LogP) is 3.96. The third kappa shape index (κ3) is 4.65. The fourth-order valence-electron chi connectivity index (χ4n) is 2.86. The van der Waals surface area contributed by atoms with Gasteiger partial charge in [0.15, 0.2) is 0 Å². The molecule has 1 fully saturated rings. The molecule has 5 nitrogen and oxygen atoms in total. The van der Waals surface area contributed by atoms with Gasteiger partial charge in [-0.15, -0.1) is 0 Å². The molecular formula is C19H20N2O3. The van der Waals surface area contributed by atoms with Gasteiger partial charge in [-0.3, -0.25) is 14.6 Å². The summed E-state index contributed by atoms with van der Waals surface area (Å²) in [6, 6.07) is 10.9. The van der Waals surface area contributed by atoms with Gasteiger partial charge in [0, 0.05) is 43.4 Å². The number of benzene rings is 1. The van der Waals surface area contributed by atoms with Crippen molar-refractivity contribution in [1.82, 2.24) is 4.98 Å². The summed E-state index contributed by atoms with van der Waals surface area (Å²) in [7, 11) is 0. The molecule has 2 aromatic rings. The Hall–Kier alpha value is -2.69. The van der Waals surface area contributed by atoms with E-state index in [9.17, 15) is 9.59 Å². The van der Waals surface area contributed by atoms with Gasteiger partial charge < -0.3 is 10.1 Å². The molecule has 0 saturated heterocycles. The van der Waals surface area contributed by atoms with Gasteiger partial charge in [0.1, 0.15) is 17.3 Å². The van der Waals surface area contributed by atoms with Crippen LogP contribution in [0.4, 0.5) is 5.69 Å². The molecular weight excluding hydrogens is 304 g/mol. The lowest BCUT2D eigenvalue weighted by atomic mass is 9.86. The molecule has 1 aliphatic carbocycles. The average molecular weight is 324 g/mol. The number of rotatable bonds is 5. The molecule has 1 saturated carbocycles. The summed E-state index contributed by atoms with van der Waals surface area (Å²) >= 11 is 0. The highest BCUT2D eigenvalue weighted by Gasteiger charge is 2.21. The molecule has 24 heavy (non-hydrogen) atoms. The van der Waals surface area contributed by atoms with E-state index in [0.29, 0.717) is 48.2 Å². The van der Waals surface area contributed by atoms with Crippen LogP contribution in [0, 0.1) is 5.92 Å². The first-order valence-electron chi connectivity index (χ1n) is 8.18. The third-order valence-electron chi connectivity index (χ3n) is 4.14. The highest BCUT2D eigenvalue weighted by atomic mass is 16.5. The lowest BCUT2D eigenvalue weighted by Crippen LogP contribution is -2.20. The standard InChI is InChI=1S/C19H20N2O3/c22-16-6-4-14(5-7-16)12-19(23)21-15-2-1-3-18(13-15)24-17-8-10-20-11-9-17/h1-3,8-11,13-14H,4-7,12H2,(H,21,23). The van der Waals surface area contributed by atoms with E-state index in [2.05, 4.69) is 10.3 Å². The molecule has 0 unspecified atom stereocenters. The second kappa shape index (κ2) is 7.73. The Morgan fingerprint density at radius 3 is 2.62 bits per heavy atom. The number of pyridine rings is 1. The number of amides is 1. The van der Waals surface area contributed by atoms with E-state index >= 15 is 0 Å². The van der Waals surface area contributed by atoms with Crippen molar-refractivity contribution in [1.29, 1.82) is 0 Å². The van der Waals surface area contributed by atoms with Crippen molar-refractivity contribution in [2.75, 3.05) is 5.32 Å². The maximum Gasteiger partial charge on any atom is 0.224 e. The number of ketones is 1. The van der Waals surface area contributed by atoms with Crippen molar-refractivity contribution in [3.8, 4) is 11.5 Å². The molecule has 1 amide bonds. The number of hydrogen-bond donors (Lipinski definition) is 1. The van der Waals surface area contributed by atoms with Gasteiger partial charge in [-0.25, -0.2) is 0 Å². The fourth-order valence-corrected chi connectivity index (χ4v) is 2.86. The van der Waals surface area contributed by atoms with Crippen molar-refractivity contribution in [3.63, 3.8) is 0 Å². The quantitative estimate of drug-likeness (QED) is 0.904. The van der Waals surface area contributed by atoms with Gasteiger partial charge in [-0.1, -0.05) is 6.07 Å². The van der Waals surface area contributed by atoms with Gasteiger partial charge in [-0.05, 0) is 43.0 Å². The van der Waals surface area contributed by atoms with Crippen LogP contribution in [-0.4, -0.2) is 16.7 Å². The minimum Gasteiger partial charge on any atom is -0.457 e. The zero-order valence-electron chi connectivity index (χ0n) is 13.4. The smallest absolute Gasteiger partial charge is 0.224 e. The number of anilines is 1. The lowest BCUT2D eigenvalue weighted by molar-refractivity contribution is -0.123. The number of carbonyl (C=O) groups is 2. The van der Waals surface area contributed by atoms with Gasteiger partial charge in [0.05, 0.1) is 0 Å². The van der Waals surface area contributed by atoms with Crippen LogP contribution in [0.2, 0.25) is 0 Å². The van der Waals surface area contributed by atoms with Crippen LogP contribution < -0.4 is 10.1 Å². The van der Waals surface area contributed by atoms with Crippen molar-refractivity contribution in [3.05, 3.63) is 48.8 Å². The fraction of sp³-hybridized carbons (Fsp3) is 0.316. The lowest BCUT2D eigenvalue weighted by Gasteiger charge is -2.20. The highest BCUT2D eigenvalue weighted by Crippen LogP contribution is 2.26. The van der Waals surface area contributed by atoms with Crippen LogP contribution in [0.25, 0.3) is 0 Å². The Morgan fingerprint density at radius 1 is 1.12 bits per heavy atom. The summed E-state index contributed by atoms with van der Waals surface area (Å²) in [5, 5.41) is 2.91. The molecule has 0 atom stereocenters. The number of aromatic nitrogens is 1. The zero-order valence-corrected chi connectivity index (χ0v) is 13.4. The van der Waals surface area contributed by atoms with E-state index in [1.807, 2.05) is 18.2 Å². The van der Waals surface area contributed by atoms with E-state index in [1.54, 1.807) is 30.6 Å². The molecule has 1 aromatic heterocycles. The number of nitrogens with zero attached hydrogens (tertiary/aromatic N) is 1. The minimum absolute atomic E-state index is 0.0181. The number of nitrogens with one attached hydrogen (secondary N) is 1. The van der Waals surface area contributed by atoms with Crippen LogP contribution in [0.5, 0.6) is 11.5 Å². The van der Waals surface area contributed by atoms with Crippen molar-refractivity contribution < 1.29 is 14.3 Å². The molecule has 0 spiro atoms. The molecule has 0 aliphatic heterocycles. The molecule has 124 valence electrons. The largest absolute Gasteiger partial charge is 0.457 e. The SMILES string of the molecule is O=C1CCC(CC(=O)Nc2cccc(Oc3ccncc3)c2)CC1. The normalized spacial score (nSPS) is 15.1. The van der Waals surface area contributed by atoms with Crippen LogP contribution in [0.3, 0.4) is 0 Å². The van der Waals surface area contributed by atoms with Crippen molar-refractivity contribution in [2.24, 2.45) is 5.92 Å². The van der Waals surface area contributed by atoms with E-state index < -0.39 is 0 Å². The zero-order chi connectivity index (χ0) is 16.8. The van der Waals surface area contributed by atoms with Gasteiger partial charge in [-0.2, -0.15) is 0 Å². The number of carbonyl (C=O) groups excluding carboxylic acids is 2. The number of hydrogen-bond acceptors (Lipinski definition) is 4. The van der Waals surface area contributed by atoms with E-state index in [1.165, 1.54) is 0 Å². The van der Waals surface area contributed by atoms with Gasteiger partial charge in [0.25, 0.3) is 0 Å². The topological polar surface area (TPSA) is 68.3 Å². The molecule has 1 aliphatic rings. The Kier molecular flexibility index (Phi) is 5.21. The maximum atomic E-state index is 12.2. The molecule has 0 bridgehead atoms. The summed E-state index contributed by atoms with van der Waals surface area (Å²) in [5.41, 5.74) is 0.707. The molecule has 3 rings (SSSR count). The van der Waals surface area contributed by atoms with Crippen LogP contribution in [0.1, 0.15) is 32.1 Å². The Labute approximate surface area is 141 Å². The molecule has 5 heteroatoms. The van der Waals surface area contributed by atoms with Crippen LogP contribution >= 0.6 is 0 Å². The van der Waals surface area contributed by atoms with Crippen LogP contribution in [0.15, 0.2) is 48.8 Å². The van der Waals surface area contributed by atoms with Gasteiger partial charge in [0.2, 0.25) is 5.91 Å². The van der Waals surface area contributed by atoms with E-state index in [-0.39, 0.29) is 5.91 Å². The number of ether oxygens (including phenoxy) is 1. The Balaban J connectivity index is 1.56. The maximum absolute atomic E-state index is 12.2. The van der Waals surface area contributed by atoms with E-state index in [4.69, 9.17) is 4.74 Å². The molecule has 1 N–H and O–H groups in total. The minimum atomic E-state index is -0.0181. The third-order valence-corrected chi connectivity index (χ3v) is 4.14. The summed E-state index contributed by atoms with van der Waals surface area (Å²) < 4.78 is 5.73. The summed E-state index contributed by atoms with van der Waals surface area (Å²) in [5.74, 6) is 1.95. The highest BCUT2D eigenvalue weighted by molar-refractivity contribution is 5.91. The molecule has 0 radical (unpaired) electrons. The van der Waals surface area contributed by atoms with E-state index in [0.717, 1.165) is 12.8 Å². The van der Waals surface area contributed by atoms with Crippen molar-refractivity contribution >= 4 is 17.4 Å². The monoisotopic (exact) mass is 324 g/mol. The summed E-state index contributed by atoms with van der Waals surface area (Å²) in [6.07, 6.45) is 6.63. The predicted molar refractivity (Wildman–Crippen MR) is 91.0 cm³/mol. The van der Waals surface area contributed by atoms with Crippen molar-refractivity contribution in [2.45, 2.75) is 32.1 Å². The summed E-state index contributed by atoms with van der Waals surface area (Å²) in [4.78, 5) is 27.4. The first-order valence-corrected chi connectivity index (χ1v) is 8.18. The first-order chi connectivity index (χ1) is 11.7. The number of Topliss-reactive ketones (excluding diaryl/α,β-unsaturated/α-hetero) is 1. The second-order valence-electron chi connectivity index (χ2n) is 6.05. The molecule has 1 heterocycles.